The molecule has 0 heterocycles. The Morgan fingerprint density at radius 3 is 2.67 bits per heavy atom. The lowest BCUT2D eigenvalue weighted by Crippen LogP contribution is -2.34. The van der Waals surface area contributed by atoms with E-state index < -0.39 is 4.92 Å². The predicted octanol–water partition coefficient (Wildman–Crippen LogP) is 3.63. The molecule has 0 aliphatic heterocycles. The third-order valence-corrected chi connectivity index (χ3v) is 4.86. The fourth-order valence-electron chi connectivity index (χ4n) is 2.78. The van der Waals surface area contributed by atoms with Gasteiger partial charge >= 0.3 is 0 Å². The molecule has 1 fully saturated rings. The maximum Gasteiger partial charge on any atom is 0.282 e. The SMILES string of the molecule is CSc1ccc([N+](=O)[O-])c(C(=O)NCC2(C)CCCC2)c1. The molecule has 0 spiro atoms. The Hall–Kier alpha value is -1.56. The van der Waals surface area contributed by atoms with Crippen molar-refractivity contribution in [2.75, 3.05) is 12.8 Å². The monoisotopic (exact) mass is 308 g/mol. The molecule has 0 saturated heterocycles. The van der Waals surface area contributed by atoms with E-state index in [-0.39, 0.29) is 22.6 Å². The van der Waals surface area contributed by atoms with Gasteiger partial charge in [-0.05, 0) is 36.6 Å². The number of nitrogens with one attached hydrogen (secondary N) is 1. The van der Waals surface area contributed by atoms with E-state index >= 15 is 0 Å². The molecule has 0 bridgehead atoms. The van der Waals surface area contributed by atoms with Gasteiger partial charge in [0.2, 0.25) is 0 Å². The second-order valence-corrected chi connectivity index (χ2v) is 6.72. The molecular weight excluding hydrogens is 288 g/mol. The normalized spacial score (nSPS) is 16.7. The van der Waals surface area contributed by atoms with Crippen molar-refractivity contribution < 1.29 is 9.72 Å². The van der Waals surface area contributed by atoms with E-state index in [9.17, 15) is 14.9 Å². The van der Waals surface area contributed by atoms with Crippen molar-refractivity contribution in [3.8, 4) is 0 Å². The van der Waals surface area contributed by atoms with Crippen LogP contribution >= 0.6 is 11.8 Å². The summed E-state index contributed by atoms with van der Waals surface area (Å²) in [4.78, 5) is 23.7. The first-order valence-corrected chi connectivity index (χ1v) is 8.28. The molecule has 0 radical (unpaired) electrons. The Morgan fingerprint density at radius 2 is 2.10 bits per heavy atom. The molecule has 0 unspecified atom stereocenters. The molecule has 1 aliphatic rings. The molecule has 6 heteroatoms. The Kier molecular flexibility index (Phi) is 4.88. The lowest BCUT2D eigenvalue weighted by Gasteiger charge is -2.23. The Bertz CT molecular complexity index is 554. The van der Waals surface area contributed by atoms with E-state index in [0.717, 1.165) is 17.7 Å². The summed E-state index contributed by atoms with van der Waals surface area (Å²) < 4.78 is 0. The van der Waals surface area contributed by atoms with Gasteiger partial charge in [0.15, 0.2) is 0 Å². The van der Waals surface area contributed by atoms with Crippen LogP contribution < -0.4 is 5.32 Å². The summed E-state index contributed by atoms with van der Waals surface area (Å²) in [6.45, 7) is 2.74. The number of thioether (sulfide) groups is 1. The van der Waals surface area contributed by atoms with Crippen LogP contribution in [0.2, 0.25) is 0 Å². The molecule has 1 aromatic carbocycles. The number of carbonyl (C=O) groups is 1. The predicted molar refractivity (Wildman–Crippen MR) is 83.8 cm³/mol. The summed E-state index contributed by atoms with van der Waals surface area (Å²) >= 11 is 1.46. The second kappa shape index (κ2) is 6.47. The van der Waals surface area contributed by atoms with Gasteiger partial charge in [-0.15, -0.1) is 11.8 Å². The first-order valence-electron chi connectivity index (χ1n) is 7.06. The molecule has 0 aromatic heterocycles. The Labute approximate surface area is 128 Å². The number of amides is 1. The lowest BCUT2D eigenvalue weighted by molar-refractivity contribution is -0.385. The third-order valence-electron chi connectivity index (χ3n) is 4.13. The zero-order valence-corrected chi connectivity index (χ0v) is 13.2. The fourth-order valence-corrected chi connectivity index (χ4v) is 3.22. The Morgan fingerprint density at radius 1 is 1.43 bits per heavy atom. The van der Waals surface area contributed by atoms with E-state index in [4.69, 9.17) is 0 Å². The summed E-state index contributed by atoms with van der Waals surface area (Å²) in [6.07, 6.45) is 6.45. The van der Waals surface area contributed by atoms with E-state index in [1.807, 2.05) is 6.26 Å². The molecule has 1 N–H and O–H groups in total. The van der Waals surface area contributed by atoms with Crippen LogP contribution in [-0.4, -0.2) is 23.6 Å². The highest BCUT2D eigenvalue weighted by Gasteiger charge is 2.30. The summed E-state index contributed by atoms with van der Waals surface area (Å²) in [5.41, 5.74) is 0.136. The van der Waals surface area contributed by atoms with Crippen LogP contribution in [0.3, 0.4) is 0 Å². The number of nitrogens with zero attached hydrogens (tertiary/aromatic N) is 1. The molecule has 2 rings (SSSR count). The van der Waals surface area contributed by atoms with Crippen molar-refractivity contribution in [1.82, 2.24) is 5.32 Å². The number of carbonyl (C=O) groups excluding carboxylic acids is 1. The van der Waals surface area contributed by atoms with Crippen LogP contribution in [0.15, 0.2) is 23.1 Å². The van der Waals surface area contributed by atoms with Crippen LogP contribution in [0.5, 0.6) is 0 Å². The van der Waals surface area contributed by atoms with Crippen LogP contribution in [0.4, 0.5) is 5.69 Å². The zero-order valence-electron chi connectivity index (χ0n) is 12.3. The van der Waals surface area contributed by atoms with Gasteiger partial charge in [-0.3, -0.25) is 14.9 Å². The molecular formula is C15H20N2O3S. The van der Waals surface area contributed by atoms with Crippen LogP contribution in [-0.2, 0) is 0 Å². The summed E-state index contributed by atoms with van der Waals surface area (Å²) in [5, 5.41) is 13.9. The first kappa shape index (κ1) is 15.8. The minimum absolute atomic E-state index is 0.127. The molecule has 0 atom stereocenters. The number of benzene rings is 1. The topological polar surface area (TPSA) is 72.2 Å². The largest absolute Gasteiger partial charge is 0.351 e. The van der Waals surface area contributed by atoms with Gasteiger partial charge in [0.1, 0.15) is 5.56 Å². The van der Waals surface area contributed by atoms with Gasteiger partial charge in [-0.2, -0.15) is 0 Å². The van der Waals surface area contributed by atoms with Crippen molar-refractivity contribution in [2.24, 2.45) is 5.41 Å². The highest BCUT2D eigenvalue weighted by atomic mass is 32.2. The number of rotatable bonds is 5. The summed E-state index contributed by atoms with van der Waals surface area (Å²) in [5.74, 6) is -0.356. The standard InChI is InChI=1S/C15H20N2O3S/c1-15(7-3-4-8-15)10-16-14(18)12-9-11(21-2)5-6-13(12)17(19)20/h5-6,9H,3-4,7-8,10H2,1-2H3,(H,16,18). The highest BCUT2D eigenvalue weighted by molar-refractivity contribution is 7.98. The van der Waals surface area contributed by atoms with Crippen LogP contribution in [0.1, 0.15) is 43.0 Å². The zero-order chi connectivity index (χ0) is 15.5. The van der Waals surface area contributed by atoms with Gasteiger partial charge in [0.25, 0.3) is 11.6 Å². The van der Waals surface area contributed by atoms with Gasteiger partial charge in [-0.1, -0.05) is 19.8 Å². The minimum atomic E-state index is -0.504. The number of nitro groups is 1. The first-order chi connectivity index (χ1) is 9.95. The number of hydrogen-bond acceptors (Lipinski definition) is 4. The van der Waals surface area contributed by atoms with E-state index in [1.165, 1.54) is 30.7 Å². The Balaban J connectivity index is 2.15. The molecule has 1 saturated carbocycles. The quantitative estimate of drug-likeness (QED) is 0.512. The number of hydrogen-bond donors (Lipinski definition) is 1. The molecule has 5 nitrogen and oxygen atoms in total. The summed E-state index contributed by atoms with van der Waals surface area (Å²) in [7, 11) is 0. The minimum Gasteiger partial charge on any atom is -0.351 e. The van der Waals surface area contributed by atoms with E-state index in [1.54, 1.807) is 12.1 Å². The maximum absolute atomic E-state index is 12.3. The van der Waals surface area contributed by atoms with Crippen LogP contribution in [0.25, 0.3) is 0 Å². The van der Waals surface area contributed by atoms with Gasteiger partial charge in [0.05, 0.1) is 4.92 Å². The van der Waals surface area contributed by atoms with Gasteiger partial charge in [0, 0.05) is 17.5 Å². The smallest absolute Gasteiger partial charge is 0.282 e. The van der Waals surface area contributed by atoms with E-state index in [2.05, 4.69) is 12.2 Å². The van der Waals surface area contributed by atoms with Gasteiger partial charge < -0.3 is 5.32 Å². The van der Waals surface area contributed by atoms with Crippen molar-refractivity contribution in [3.63, 3.8) is 0 Å². The molecule has 114 valence electrons. The fraction of sp³-hybridized carbons (Fsp3) is 0.533. The summed E-state index contributed by atoms with van der Waals surface area (Å²) in [6, 6.07) is 4.66. The van der Waals surface area contributed by atoms with Crippen molar-refractivity contribution >= 4 is 23.4 Å². The lowest BCUT2D eigenvalue weighted by atomic mass is 9.89. The maximum atomic E-state index is 12.3. The highest BCUT2D eigenvalue weighted by Crippen LogP contribution is 2.36. The van der Waals surface area contributed by atoms with Crippen molar-refractivity contribution in [2.45, 2.75) is 37.5 Å². The molecule has 1 amide bonds. The molecule has 1 aromatic rings. The number of nitro benzene ring substituents is 1. The van der Waals surface area contributed by atoms with E-state index in [0.29, 0.717) is 6.54 Å². The third kappa shape index (κ3) is 3.75. The average Bonchev–Trinajstić information content (AvgIpc) is 2.91. The average molecular weight is 308 g/mol. The van der Waals surface area contributed by atoms with Crippen molar-refractivity contribution in [3.05, 3.63) is 33.9 Å². The molecule has 21 heavy (non-hydrogen) atoms. The molecule has 1 aliphatic carbocycles. The van der Waals surface area contributed by atoms with Crippen molar-refractivity contribution in [1.29, 1.82) is 0 Å². The van der Waals surface area contributed by atoms with Crippen LogP contribution in [0, 0.1) is 15.5 Å². The van der Waals surface area contributed by atoms with Gasteiger partial charge in [-0.25, -0.2) is 0 Å². The second-order valence-electron chi connectivity index (χ2n) is 5.84.